The Hall–Kier alpha value is -10.4. The number of rotatable bonds is 10. The number of phenolic OH excluding ortho intramolecular Hbond substituents is 3. The molecule has 0 bridgehead atoms. The van der Waals surface area contributed by atoms with Gasteiger partial charge in [0.25, 0.3) is 0 Å². The predicted octanol–water partition coefficient (Wildman–Crippen LogP) is 12.0. The van der Waals surface area contributed by atoms with E-state index in [1.807, 2.05) is 94.8 Å². The van der Waals surface area contributed by atoms with Gasteiger partial charge in [-0.3, -0.25) is 9.67 Å². The van der Waals surface area contributed by atoms with Crippen molar-refractivity contribution in [2.24, 2.45) is 7.05 Å². The zero-order valence-electron chi connectivity index (χ0n) is 59.2. The molecule has 3 aliphatic heterocycles. The van der Waals surface area contributed by atoms with Gasteiger partial charge in [-0.05, 0) is 217 Å². The molecule has 0 unspecified atom stereocenters. The van der Waals surface area contributed by atoms with Crippen LogP contribution in [0.5, 0.6) is 17.2 Å². The van der Waals surface area contributed by atoms with E-state index < -0.39 is 5.82 Å². The van der Waals surface area contributed by atoms with E-state index in [2.05, 4.69) is 176 Å². The Kier molecular flexibility index (Phi) is 17.5. The van der Waals surface area contributed by atoms with E-state index >= 15 is 0 Å². The van der Waals surface area contributed by atoms with Crippen LogP contribution in [0.25, 0.3) is 101 Å². The van der Waals surface area contributed by atoms with Crippen molar-refractivity contribution in [3.05, 3.63) is 128 Å². The van der Waals surface area contributed by atoms with Gasteiger partial charge in [-0.1, -0.05) is 33.8 Å². The number of benzene rings is 3. The van der Waals surface area contributed by atoms with Gasteiger partial charge < -0.3 is 36.2 Å². The van der Waals surface area contributed by atoms with Crippen LogP contribution in [0.4, 0.5) is 10.2 Å². The lowest BCUT2D eigenvalue weighted by Crippen LogP contribution is -2.58. The number of anilines is 1. The van der Waals surface area contributed by atoms with Crippen molar-refractivity contribution in [2.75, 3.05) is 19.0 Å². The molecule has 27 heteroatoms. The highest BCUT2D eigenvalue weighted by Gasteiger charge is 2.42. The van der Waals surface area contributed by atoms with E-state index in [1.165, 1.54) is 12.3 Å². The lowest BCUT2D eigenvalue weighted by molar-refractivity contribution is 0.126. The fourth-order valence-corrected chi connectivity index (χ4v) is 15.5. The van der Waals surface area contributed by atoms with Gasteiger partial charge in [0.1, 0.15) is 45.4 Å². The van der Waals surface area contributed by atoms with Crippen LogP contribution in [0.2, 0.25) is 0 Å². The second kappa shape index (κ2) is 25.7. The molecule has 26 nitrogen and oxygen atoms in total. The second-order valence-corrected chi connectivity index (χ2v) is 31.0. The lowest BCUT2D eigenvalue weighted by Gasteiger charge is -2.46. The molecular weight excluding hydrogens is 1270 g/mol. The molecule has 3 saturated heterocycles. The van der Waals surface area contributed by atoms with Crippen LogP contribution in [0.3, 0.4) is 0 Å². The molecule has 518 valence electrons. The Morgan fingerprint density at radius 1 is 0.420 bits per heavy atom. The molecule has 3 aliphatic rings. The number of aromatic hydroxyl groups is 3. The summed E-state index contributed by atoms with van der Waals surface area (Å²) in [6, 6.07) is 27.4. The monoisotopic (exact) mass is 1350 g/mol. The number of fused-ring (bicyclic) bond motifs is 3. The van der Waals surface area contributed by atoms with E-state index in [0.29, 0.717) is 78.4 Å². The van der Waals surface area contributed by atoms with Crippen molar-refractivity contribution < 1.29 is 19.7 Å². The molecule has 6 N–H and O–H groups in total. The third kappa shape index (κ3) is 14.5. The fraction of sp³-hybridized carbons (Fsp3) is 0.411. The Balaban J connectivity index is 0.000000135. The van der Waals surface area contributed by atoms with E-state index in [1.54, 1.807) is 53.5 Å². The minimum absolute atomic E-state index is 0.0140. The highest BCUT2D eigenvalue weighted by Crippen LogP contribution is 2.42. The third-order valence-electron chi connectivity index (χ3n) is 18.7. The van der Waals surface area contributed by atoms with Crippen molar-refractivity contribution in [3.63, 3.8) is 0 Å². The van der Waals surface area contributed by atoms with Crippen LogP contribution in [-0.4, -0.2) is 158 Å². The first kappa shape index (κ1) is 68.2. The number of nitrogens with one attached hydrogen (secondary N) is 3. The minimum atomic E-state index is -0.452. The number of piperidine rings is 3. The van der Waals surface area contributed by atoms with Gasteiger partial charge in [-0.2, -0.15) is 5.10 Å². The summed E-state index contributed by atoms with van der Waals surface area (Å²) in [5.74, 6) is 0.646. The summed E-state index contributed by atoms with van der Waals surface area (Å²) >= 11 is 0. The van der Waals surface area contributed by atoms with Gasteiger partial charge >= 0.3 is 0 Å². The third-order valence-corrected chi connectivity index (χ3v) is 18.7. The zero-order valence-corrected chi connectivity index (χ0v) is 59.2. The van der Waals surface area contributed by atoms with E-state index in [0.717, 1.165) is 72.8 Å². The molecule has 0 saturated carbocycles. The number of aryl methyl sites for hydroxylation is 1. The number of phenols is 3. The van der Waals surface area contributed by atoms with E-state index in [4.69, 9.17) is 0 Å². The smallest absolute Gasteiger partial charge is 0.201 e. The first-order valence-corrected chi connectivity index (χ1v) is 33.6. The summed E-state index contributed by atoms with van der Waals surface area (Å²) < 4.78 is 21.5. The van der Waals surface area contributed by atoms with E-state index in [-0.39, 0.29) is 68.6 Å². The summed E-state index contributed by atoms with van der Waals surface area (Å²) in [6.45, 7) is 26.4. The lowest BCUT2D eigenvalue weighted by atomic mass is 9.79. The zero-order chi connectivity index (χ0) is 71.0. The van der Waals surface area contributed by atoms with Crippen LogP contribution in [-0.2, 0) is 7.05 Å². The number of aromatic nitrogens is 19. The molecule has 12 aromatic rings. The van der Waals surface area contributed by atoms with Gasteiger partial charge in [0, 0.05) is 101 Å². The SMILES string of the molecule is CC1(C)CC(n2nnc3cc(-c4ccc(-c5ccncc5F)cc4O)nnc32)CC(C)(C)N1.CN(C)c1cc(-c2ccc(-c3cc4nnn(C5CC(C)(C)NC(C)(C)C5)c4nn3)c(O)c2)ccn1.Cn1cc(-c2ccc(-c3cc4nnn(C5CC(C)(C)NC(C)(C)C5)c4nn3)c(O)c2)cn1. The normalized spacial score (nSPS) is 17.9. The van der Waals surface area contributed by atoms with Crippen molar-refractivity contribution in [1.82, 2.24) is 111 Å². The maximum absolute atomic E-state index is 14.1. The van der Waals surface area contributed by atoms with Crippen LogP contribution in [0.15, 0.2) is 122 Å². The molecule has 3 fully saturated rings. The number of pyridine rings is 2. The molecule has 0 radical (unpaired) electrons. The summed E-state index contributed by atoms with van der Waals surface area (Å²) in [5.41, 5.74) is 11.6. The minimum Gasteiger partial charge on any atom is -0.507 e. The van der Waals surface area contributed by atoms with Gasteiger partial charge in [0.05, 0.1) is 47.6 Å². The van der Waals surface area contributed by atoms with Crippen LogP contribution in [0.1, 0.15) is 140 Å². The molecular formula is C73H86FN23O3. The number of hydrogen-bond donors (Lipinski definition) is 6. The number of hydrogen-bond acceptors (Lipinski definition) is 22. The average molecular weight is 1350 g/mol. The van der Waals surface area contributed by atoms with Gasteiger partial charge in [0.2, 0.25) is 16.9 Å². The first-order chi connectivity index (χ1) is 47.2. The topological polar surface area (TPSA) is 313 Å². The Bertz CT molecular complexity index is 4980. The summed E-state index contributed by atoms with van der Waals surface area (Å²) in [4.78, 5) is 10.1. The summed E-state index contributed by atoms with van der Waals surface area (Å²) in [7, 11) is 5.76. The quantitative estimate of drug-likeness (QED) is 0.0741. The average Bonchev–Trinajstić information content (AvgIpc) is 1.57. The van der Waals surface area contributed by atoms with Crippen molar-refractivity contribution in [3.8, 4) is 84.4 Å². The van der Waals surface area contributed by atoms with Crippen LogP contribution >= 0.6 is 0 Å². The van der Waals surface area contributed by atoms with Gasteiger partial charge in [-0.15, -0.1) is 45.9 Å². The summed E-state index contributed by atoms with van der Waals surface area (Å²) in [5, 5.41) is 100. The molecule has 0 amide bonds. The Morgan fingerprint density at radius 2 is 0.790 bits per heavy atom. The molecule has 100 heavy (non-hydrogen) atoms. The molecule has 0 spiro atoms. The molecule has 12 heterocycles. The van der Waals surface area contributed by atoms with Crippen molar-refractivity contribution in [1.29, 1.82) is 0 Å². The summed E-state index contributed by atoms with van der Waals surface area (Å²) in [6.07, 6.45) is 13.6. The second-order valence-electron chi connectivity index (χ2n) is 31.0. The largest absolute Gasteiger partial charge is 0.507 e. The fourth-order valence-electron chi connectivity index (χ4n) is 15.5. The maximum atomic E-state index is 14.1. The molecule has 3 aromatic carbocycles. The van der Waals surface area contributed by atoms with Crippen molar-refractivity contribution in [2.45, 2.75) is 173 Å². The Morgan fingerprint density at radius 3 is 1.15 bits per heavy atom. The van der Waals surface area contributed by atoms with Crippen LogP contribution < -0.4 is 20.9 Å². The number of nitrogens with zero attached hydrogens (tertiary/aromatic N) is 20. The van der Waals surface area contributed by atoms with Gasteiger partial charge in [-0.25, -0.2) is 23.4 Å². The van der Waals surface area contributed by atoms with Crippen LogP contribution in [0, 0.1) is 5.82 Å². The molecule has 0 atom stereocenters. The van der Waals surface area contributed by atoms with Gasteiger partial charge in [0.15, 0.2) is 0 Å². The number of halogens is 1. The predicted molar refractivity (Wildman–Crippen MR) is 382 cm³/mol. The maximum Gasteiger partial charge on any atom is 0.201 e. The standard InChI is InChI=1S/C26H32N8O.C24H26FN7O.C23H28N8O/c1-25(2)14-18(15-26(3,4)31-25)34-24-21(29-32-34)13-20(28-30-24)19-8-7-16(11-22(19)35)17-9-10-27-23(12-17)33(5)6;1-23(2)11-15(12-24(3,4)30-23)32-22-20(28-31-32)10-19(27-29-22)17-6-5-14(9-21(17)33)16-7-8-26-13-18(16)25;1-22(2)10-16(11-23(3,4)28-22)31-21-19(26-29-31)9-18(25-27-21)17-7-6-14(8-20(17)32)15-12-24-30(5)13-15/h7-13,18,31,35H,14-15H2,1-6H3;5-10,13,15,30,33H,11-12H2,1-4H3;6-9,12-13,16,28,32H,10-11H2,1-5H3. The molecule has 9 aromatic heterocycles. The first-order valence-electron chi connectivity index (χ1n) is 33.6. The molecule has 15 rings (SSSR count). The highest BCUT2D eigenvalue weighted by molar-refractivity contribution is 5.83. The molecule has 0 aliphatic carbocycles. The van der Waals surface area contributed by atoms with Crippen molar-refractivity contribution >= 4 is 39.3 Å². The highest BCUT2D eigenvalue weighted by atomic mass is 19.1. The van der Waals surface area contributed by atoms with E-state index in [9.17, 15) is 19.7 Å². The Labute approximate surface area is 578 Å².